The number of esters is 1. The van der Waals surface area contributed by atoms with Crippen molar-refractivity contribution in [3.8, 4) is 33.9 Å². The van der Waals surface area contributed by atoms with Crippen LogP contribution in [0.1, 0.15) is 20.7 Å². The summed E-state index contributed by atoms with van der Waals surface area (Å²) in [4.78, 5) is 43.7. The number of hydrogen-bond donors (Lipinski definition) is 2. The van der Waals surface area contributed by atoms with Crippen molar-refractivity contribution < 1.29 is 27.8 Å². The second kappa shape index (κ2) is 11.6. The zero-order valence-electron chi connectivity index (χ0n) is 21.5. The second-order valence-electron chi connectivity index (χ2n) is 8.76. The Kier molecular flexibility index (Phi) is 7.64. The van der Waals surface area contributed by atoms with Gasteiger partial charge in [-0.3, -0.25) is 14.6 Å². The Bertz CT molecular complexity index is 1800. The smallest absolute Gasteiger partial charge is 0.337 e. The largest absolute Gasteiger partial charge is 0.465 e. The number of pyridine rings is 2. The predicted octanol–water partition coefficient (Wildman–Crippen LogP) is 6.21. The highest BCUT2D eigenvalue weighted by atomic mass is 19.1. The van der Waals surface area contributed by atoms with Gasteiger partial charge in [-0.2, -0.15) is 0 Å². The average molecular weight is 554 g/mol. The minimum atomic E-state index is -0.757. The molecular formula is C31H21F2N3O5. The van der Waals surface area contributed by atoms with Crippen molar-refractivity contribution >= 4 is 17.6 Å². The normalized spacial score (nSPS) is 10.6. The lowest BCUT2D eigenvalue weighted by Crippen LogP contribution is -2.23. The number of carbonyl (C=O) groups is 2. The molecule has 0 atom stereocenters. The van der Waals surface area contributed by atoms with Gasteiger partial charge in [0.1, 0.15) is 17.1 Å². The first kappa shape index (κ1) is 26.9. The summed E-state index contributed by atoms with van der Waals surface area (Å²) in [5.74, 6) is -2.18. The van der Waals surface area contributed by atoms with E-state index in [-0.39, 0.29) is 17.0 Å². The van der Waals surface area contributed by atoms with E-state index >= 15 is 4.39 Å². The van der Waals surface area contributed by atoms with Crippen LogP contribution in [-0.2, 0) is 4.74 Å². The van der Waals surface area contributed by atoms with Crippen molar-refractivity contribution in [2.24, 2.45) is 0 Å². The lowest BCUT2D eigenvalue weighted by Gasteiger charge is -2.13. The number of halogens is 2. The number of aromatic amines is 1. The third-order valence-corrected chi connectivity index (χ3v) is 6.12. The maximum Gasteiger partial charge on any atom is 0.337 e. The molecule has 10 heteroatoms. The Labute approximate surface area is 232 Å². The monoisotopic (exact) mass is 553 g/mol. The van der Waals surface area contributed by atoms with Crippen molar-refractivity contribution in [2.45, 2.75) is 0 Å². The first-order valence-corrected chi connectivity index (χ1v) is 12.2. The fourth-order valence-corrected chi connectivity index (χ4v) is 4.02. The summed E-state index contributed by atoms with van der Waals surface area (Å²) < 4.78 is 38.7. The Morgan fingerprint density at radius 3 is 2.27 bits per heavy atom. The number of hydrogen-bond acceptors (Lipinski definition) is 6. The lowest BCUT2D eigenvalue weighted by atomic mass is 10.0. The highest BCUT2D eigenvalue weighted by Gasteiger charge is 2.15. The molecule has 2 aromatic heterocycles. The molecule has 2 heterocycles. The third-order valence-electron chi connectivity index (χ3n) is 6.12. The first-order valence-electron chi connectivity index (χ1n) is 12.2. The quantitative estimate of drug-likeness (QED) is 0.232. The van der Waals surface area contributed by atoms with E-state index in [2.05, 4.69) is 15.3 Å². The number of rotatable bonds is 7. The molecule has 0 unspecified atom stereocenters. The van der Waals surface area contributed by atoms with Crippen molar-refractivity contribution in [2.75, 3.05) is 12.4 Å². The molecule has 0 aliphatic rings. The summed E-state index contributed by atoms with van der Waals surface area (Å²) in [6, 6.07) is 20.4. The molecule has 204 valence electrons. The maximum absolute atomic E-state index is 15.0. The van der Waals surface area contributed by atoms with Gasteiger partial charge in [0.25, 0.3) is 11.5 Å². The van der Waals surface area contributed by atoms with Crippen LogP contribution >= 0.6 is 0 Å². The van der Waals surface area contributed by atoms with Crippen molar-refractivity contribution in [3.05, 3.63) is 130 Å². The molecule has 0 radical (unpaired) electrons. The van der Waals surface area contributed by atoms with Gasteiger partial charge in [-0.1, -0.05) is 12.1 Å². The van der Waals surface area contributed by atoms with Gasteiger partial charge in [-0.15, -0.1) is 0 Å². The van der Waals surface area contributed by atoms with Crippen molar-refractivity contribution in [1.29, 1.82) is 0 Å². The molecule has 5 aromatic rings. The Hall–Kier alpha value is -5.64. The van der Waals surface area contributed by atoms with Crippen molar-refractivity contribution in [3.63, 3.8) is 0 Å². The average Bonchev–Trinajstić information content (AvgIpc) is 2.98. The fourth-order valence-electron chi connectivity index (χ4n) is 4.02. The summed E-state index contributed by atoms with van der Waals surface area (Å²) in [5, 5.41) is 2.50. The van der Waals surface area contributed by atoms with Crippen LogP contribution in [0.3, 0.4) is 0 Å². The molecule has 0 aliphatic carbocycles. The number of ether oxygens (including phenoxy) is 2. The number of nitrogens with zero attached hydrogens (tertiary/aromatic N) is 1. The molecule has 0 spiro atoms. The molecule has 1 amide bonds. The molecule has 5 rings (SSSR count). The molecule has 0 bridgehead atoms. The summed E-state index contributed by atoms with van der Waals surface area (Å²) in [7, 11) is 1.29. The maximum atomic E-state index is 15.0. The molecular weight excluding hydrogens is 532 g/mol. The molecule has 0 saturated heterocycles. The molecule has 3 aromatic carbocycles. The first-order chi connectivity index (χ1) is 19.8. The predicted molar refractivity (Wildman–Crippen MR) is 148 cm³/mol. The fraction of sp³-hybridized carbons (Fsp3) is 0.0323. The van der Waals surface area contributed by atoms with E-state index in [1.807, 2.05) is 0 Å². The van der Waals surface area contributed by atoms with Crippen LogP contribution in [-0.4, -0.2) is 29.0 Å². The highest BCUT2D eigenvalue weighted by molar-refractivity contribution is 6.04. The van der Waals surface area contributed by atoms with Gasteiger partial charge in [-0.05, 0) is 77.9 Å². The number of aromatic nitrogens is 2. The van der Waals surface area contributed by atoms with E-state index in [1.165, 1.54) is 61.8 Å². The molecule has 0 fully saturated rings. The molecule has 41 heavy (non-hydrogen) atoms. The van der Waals surface area contributed by atoms with Crippen LogP contribution < -0.4 is 15.6 Å². The Morgan fingerprint density at radius 2 is 1.59 bits per heavy atom. The standard InChI is InChI=1S/C31H21F2N3O5/c1-40-31(39)20-4-2-18(3-5-20)24-17-34-15-14-27(24)41-28-13-10-22(16-25(28)33)35-29(37)23-11-12-26(36-30(23)38)19-6-8-21(32)9-7-19/h2-17H,1H3,(H,35,37)(H,36,38). The van der Waals surface area contributed by atoms with Crippen molar-refractivity contribution in [1.82, 2.24) is 9.97 Å². The van der Waals surface area contributed by atoms with Gasteiger partial charge < -0.3 is 19.8 Å². The molecule has 0 saturated carbocycles. The number of amides is 1. The SMILES string of the molecule is COC(=O)c1ccc(-c2cnccc2Oc2ccc(NC(=O)c3ccc(-c4ccc(F)cc4)[nH]c3=O)cc2F)cc1. The van der Waals surface area contributed by atoms with E-state index in [4.69, 9.17) is 9.47 Å². The van der Waals surface area contributed by atoms with E-state index in [0.29, 0.717) is 33.7 Å². The summed E-state index contributed by atoms with van der Waals surface area (Å²) in [6.07, 6.45) is 3.04. The Balaban J connectivity index is 1.31. The number of H-pyrrole nitrogens is 1. The zero-order valence-corrected chi connectivity index (χ0v) is 21.5. The van der Waals surface area contributed by atoms with E-state index < -0.39 is 29.1 Å². The number of anilines is 1. The topological polar surface area (TPSA) is 110 Å². The number of carbonyl (C=O) groups excluding carboxylic acids is 2. The van der Waals surface area contributed by atoms with Crippen LogP contribution in [0.15, 0.2) is 102 Å². The van der Waals surface area contributed by atoms with Gasteiger partial charge >= 0.3 is 5.97 Å². The molecule has 2 N–H and O–H groups in total. The lowest BCUT2D eigenvalue weighted by molar-refractivity contribution is 0.0600. The Morgan fingerprint density at radius 1 is 0.854 bits per heavy atom. The number of methoxy groups -OCH3 is 1. The molecule has 0 aliphatic heterocycles. The third kappa shape index (κ3) is 6.01. The van der Waals surface area contributed by atoms with Crippen LogP contribution in [0, 0.1) is 11.6 Å². The van der Waals surface area contributed by atoms with Crippen LogP contribution in [0.5, 0.6) is 11.5 Å². The van der Waals surface area contributed by atoms with Gasteiger partial charge in [0.05, 0.1) is 12.7 Å². The van der Waals surface area contributed by atoms with Gasteiger partial charge in [-0.25, -0.2) is 13.6 Å². The number of nitrogens with one attached hydrogen (secondary N) is 2. The summed E-state index contributed by atoms with van der Waals surface area (Å²) >= 11 is 0. The van der Waals surface area contributed by atoms with Crippen LogP contribution in [0.25, 0.3) is 22.4 Å². The van der Waals surface area contributed by atoms with E-state index in [1.54, 1.807) is 36.5 Å². The van der Waals surface area contributed by atoms with E-state index in [9.17, 15) is 18.8 Å². The van der Waals surface area contributed by atoms with E-state index in [0.717, 1.165) is 6.07 Å². The zero-order chi connectivity index (χ0) is 28.9. The minimum absolute atomic E-state index is 0.107. The minimum Gasteiger partial charge on any atom is -0.465 e. The van der Waals surface area contributed by atoms with Crippen LogP contribution in [0.4, 0.5) is 14.5 Å². The van der Waals surface area contributed by atoms with Gasteiger partial charge in [0.15, 0.2) is 11.6 Å². The summed E-state index contributed by atoms with van der Waals surface area (Å²) in [5.41, 5.74) is 1.86. The highest BCUT2D eigenvalue weighted by Crippen LogP contribution is 2.34. The van der Waals surface area contributed by atoms with Crippen LogP contribution in [0.2, 0.25) is 0 Å². The van der Waals surface area contributed by atoms with Gasteiger partial charge in [0.2, 0.25) is 0 Å². The second-order valence-corrected chi connectivity index (χ2v) is 8.76. The number of benzene rings is 3. The van der Waals surface area contributed by atoms with Gasteiger partial charge in [0, 0.05) is 35.4 Å². The summed E-state index contributed by atoms with van der Waals surface area (Å²) in [6.45, 7) is 0. The molecule has 8 nitrogen and oxygen atoms in total.